The summed E-state index contributed by atoms with van der Waals surface area (Å²) in [6, 6.07) is 0. The average Bonchev–Trinajstić information content (AvgIpc) is 2.35. The van der Waals surface area contributed by atoms with Crippen LogP contribution in [0.25, 0.3) is 0 Å². The van der Waals surface area contributed by atoms with Crippen molar-refractivity contribution in [2.24, 2.45) is 11.8 Å². The molecule has 0 aliphatic heterocycles. The van der Waals surface area contributed by atoms with Crippen LogP contribution in [0.1, 0.15) is 39.0 Å². The van der Waals surface area contributed by atoms with Gasteiger partial charge in [0, 0.05) is 5.57 Å². The van der Waals surface area contributed by atoms with Gasteiger partial charge in [-0.15, -0.1) is 0 Å². The van der Waals surface area contributed by atoms with E-state index in [-0.39, 0.29) is 12.6 Å². The van der Waals surface area contributed by atoms with Crippen LogP contribution in [0.3, 0.4) is 0 Å². The van der Waals surface area contributed by atoms with Crippen LogP contribution in [0.15, 0.2) is 24.8 Å². The number of carbonyl (C=O) groups excluding carboxylic acids is 1. The van der Waals surface area contributed by atoms with Crippen molar-refractivity contribution in [1.82, 2.24) is 0 Å². The van der Waals surface area contributed by atoms with Gasteiger partial charge < -0.3 is 4.74 Å². The van der Waals surface area contributed by atoms with E-state index in [2.05, 4.69) is 20.1 Å². The van der Waals surface area contributed by atoms with Crippen molar-refractivity contribution >= 4 is 5.97 Å². The number of carbonyl (C=O) groups is 1. The number of hydrogen-bond donors (Lipinski definition) is 0. The monoisotopic (exact) mass is 222 g/mol. The van der Waals surface area contributed by atoms with Crippen LogP contribution in [0.2, 0.25) is 0 Å². The normalized spacial score (nSPS) is 24.8. The van der Waals surface area contributed by atoms with Crippen LogP contribution in [0.4, 0.5) is 0 Å². The van der Waals surface area contributed by atoms with Gasteiger partial charge in [-0.3, -0.25) is 0 Å². The highest BCUT2D eigenvalue weighted by atomic mass is 16.5. The summed E-state index contributed by atoms with van der Waals surface area (Å²) in [7, 11) is 0. The van der Waals surface area contributed by atoms with E-state index in [1.807, 2.05) is 0 Å². The van der Waals surface area contributed by atoms with E-state index in [0.717, 1.165) is 18.8 Å². The predicted octanol–water partition coefficient (Wildman–Crippen LogP) is 3.49. The Kier molecular flexibility index (Phi) is 5.30. The van der Waals surface area contributed by atoms with Gasteiger partial charge in [-0.25, -0.2) is 4.79 Å². The Hall–Kier alpha value is -1.05. The van der Waals surface area contributed by atoms with Gasteiger partial charge in [0.1, 0.15) is 6.61 Å². The largest absolute Gasteiger partial charge is 0.458 e. The summed E-state index contributed by atoms with van der Waals surface area (Å²) in [4.78, 5) is 11.6. The van der Waals surface area contributed by atoms with Crippen LogP contribution in [0.5, 0.6) is 0 Å². The maximum Gasteiger partial charge on any atom is 0.333 e. The minimum atomic E-state index is -0.250. The van der Waals surface area contributed by atoms with Crippen molar-refractivity contribution in [3.8, 4) is 0 Å². The molecule has 0 N–H and O–H groups in total. The van der Waals surface area contributed by atoms with Gasteiger partial charge in [0.05, 0.1) is 0 Å². The summed E-state index contributed by atoms with van der Waals surface area (Å²) in [6.45, 7) is 9.91. The lowest BCUT2D eigenvalue weighted by Gasteiger charge is -2.28. The first-order valence-electron chi connectivity index (χ1n) is 6.15. The van der Waals surface area contributed by atoms with Crippen LogP contribution < -0.4 is 0 Å². The smallest absolute Gasteiger partial charge is 0.333 e. The Labute approximate surface area is 98.4 Å². The van der Waals surface area contributed by atoms with E-state index >= 15 is 0 Å². The predicted molar refractivity (Wildman–Crippen MR) is 66.0 cm³/mol. The number of rotatable bonds is 5. The zero-order valence-electron chi connectivity index (χ0n) is 10.2. The maximum absolute atomic E-state index is 11.6. The molecule has 0 spiro atoms. The molecule has 1 aliphatic rings. The number of esters is 1. The van der Waals surface area contributed by atoms with Gasteiger partial charge in [0.2, 0.25) is 0 Å². The SMILES string of the molecule is C=CCOC(=O)C(=C)C1CCC(CC)CC1. The van der Waals surface area contributed by atoms with Crippen molar-refractivity contribution < 1.29 is 9.53 Å². The molecule has 0 aromatic carbocycles. The molecule has 1 saturated carbocycles. The summed E-state index contributed by atoms with van der Waals surface area (Å²) in [5.41, 5.74) is 0.649. The lowest BCUT2D eigenvalue weighted by molar-refractivity contribution is -0.138. The van der Waals surface area contributed by atoms with Crippen molar-refractivity contribution in [2.45, 2.75) is 39.0 Å². The third-order valence-electron chi connectivity index (χ3n) is 3.51. The maximum atomic E-state index is 11.6. The Morgan fingerprint density at radius 2 is 2.00 bits per heavy atom. The zero-order chi connectivity index (χ0) is 12.0. The molecule has 0 bridgehead atoms. The van der Waals surface area contributed by atoms with Crippen LogP contribution in [0, 0.1) is 11.8 Å². The first-order valence-corrected chi connectivity index (χ1v) is 6.15. The molecule has 0 atom stereocenters. The quantitative estimate of drug-likeness (QED) is 0.404. The number of ether oxygens (including phenoxy) is 1. The van der Waals surface area contributed by atoms with E-state index in [1.54, 1.807) is 6.08 Å². The Morgan fingerprint density at radius 3 is 2.50 bits per heavy atom. The molecule has 2 heteroatoms. The highest BCUT2D eigenvalue weighted by Crippen LogP contribution is 2.34. The molecule has 1 aliphatic carbocycles. The lowest BCUT2D eigenvalue weighted by Crippen LogP contribution is -2.20. The van der Waals surface area contributed by atoms with E-state index in [1.165, 1.54) is 19.3 Å². The molecule has 0 aromatic heterocycles. The minimum absolute atomic E-state index is 0.250. The first kappa shape index (κ1) is 13.0. The zero-order valence-corrected chi connectivity index (χ0v) is 10.2. The summed E-state index contributed by atoms with van der Waals surface area (Å²) in [6.07, 6.45) is 7.43. The van der Waals surface area contributed by atoms with Gasteiger partial charge in [-0.2, -0.15) is 0 Å². The van der Waals surface area contributed by atoms with E-state index < -0.39 is 0 Å². The first-order chi connectivity index (χ1) is 7.69. The third-order valence-corrected chi connectivity index (χ3v) is 3.51. The highest BCUT2D eigenvalue weighted by molar-refractivity contribution is 5.88. The Bertz CT molecular complexity index is 260. The molecule has 0 unspecified atom stereocenters. The second-order valence-electron chi connectivity index (χ2n) is 4.54. The topological polar surface area (TPSA) is 26.3 Å². The van der Waals surface area contributed by atoms with Gasteiger partial charge in [-0.05, 0) is 37.5 Å². The molecule has 1 rings (SSSR count). The van der Waals surface area contributed by atoms with Gasteiger partial charge in [0.15, 0.2) is 0 Å². The fourth-order valence-corrected chi connectivity index (χ4v) is 2.31. The van der Waals surface area contributed by atoms with Gasteiger partial charge in [0.25, 0.3) is 0 Å². The third kappa shape index (κ3) is 3.51. The standard InChI is InChI=1S/C14H22O2/c1-4-10-16-14(15)11(3)13-8-6-12(5-2)7-9-13/h4,12-13H,1,3,5-10H2,2H3. The second-order valence-corrected chi connectivity index (χ2v) is 4.54. The summed E-state index contributed by atoms with van der Waals surface area (Å²) in [5, 5.41) is 0. The fourth-order valence-electron chi connectivity index (χ4n) is 2.31. The molecule has 0 aromatic rings. The minimum Gasteiger partial charge on any atom is -0.458 e. The summed E-state index contributed by atoms with van der Waals surface area (Å²) >= 11 is 0. The molecule has 0 heterocycles. The van der Waals surface area contributed by atoms with Crippen LogP contribution >= 0.6 is 0 Å². The summed E-state index contributed by atoms with van der Waals surface area (Å²) < 4.78 is 5.00. The molecule has 0 saturated heterocycles. The van der Waals surface area contributed by atoms with Gasteiger partial charge in [-0.1, -0.05) is 32.6 Å². The second kappa shape index (κ2) is 6.51. The molecule has 16 heavy (non-hydrogen) atoms. The van der Waals surface area contributed by atoms with Crippen molar-refractivity contribution in [3.63, 3.8) is 0 Å². The van der Waals surface area contributed by atoms with E-state index in [9.17, 15) is 4.79 Å². The highest BCUT2D eigenvalue weighted by Gasteiger charge is 2.25. The molecule has 0 radical (unpaired) electrons. The van der Waals surface area contributed by atoms with Crippen molar-refractivity contribution in [3.05, 3.63) is 24.8 Å². The van der Waals surface area contributed by atoms with Crippen molar-refractivity contribution in [2.75, 3.05) is 6.61 Å². The molecule has 1 fully saturated rings. The van der Waals surface area contributed by atoms with E-state index in [4.69, 9.17) is 4.74 Å². The molecular weight excluding hydrogens is 200 g/mol. The van der Waals surface area contributed by atoms with Crippen LogP contribution in [-0.2, 0) is 9.53 Å². The van der Waals surface area contributed by atoms with E-state index in [0.29, 0.717) is 11.5 Å². The fraction of sp³-hybridized carbons (Fsp3) is 0.643. The van der Waals surface area contributed by atoms with Crippen LogP contribution in [-0.4, -0.2) is 12.6 Å². The average molecular weight is 222 g/mol. The molecule has 0 amide bonds. The number of hydrogen-bond acceptors (Lipinski definition) is 2. The molecule has 2 nitrogen and oxygen atoms in total. The molecular formula is C14H22O2. The Morgan fingerprint density at radius 1 is 1.38 bits per heavy atom. The lowest BCUT2D eigenvalue weighted by atomic mass is 9.78. The van der Waals surface area contributed by atoms with Gasteiger partial charge >= 0.3 is 5.97 Å². The summed E-state index contributed by atoms with van der Waals surface area (Å²) in [5.74, 6) is 0.924. The molecule has 90 valence electrons. The Balaban J connectivity index is 2.37. The van der Waals surface area contributed by atoms with Crippen molar-refractivity contribution in [1.29, 1.82) is 0 Å².